The van der Waals surface area contributed by atoms with Gasteiger partial charge >= 0.3 is 0 Å². The number of rotatable bonds is 3. The van der Waals surface area contributed by atoms with Crippen molar-refractivity contribution in [2.24, 2.45) is 0 Å². The Bertz CT molecular complexity index is 984. The molecule has 0 radical (unpaired) electrons. The van der Waals surface area contributed by atoms with Gasteiger partial charge in [0, 0.05) is 10.4 Å². The van der Waals surface area contributed by atoms with Crippen LogP contribution in [0.1, 0.15) is 37.3 Å². The molecule has 0 amide bonds. The summed E-state index contributed by atoms with van der Waals surface area (Å²) in [6, 6.07) is 2.50. The molecule has 8 heteroatoms. The second kappa shape index (κ2) is 7.00. The Balaban J connectivity index is 2.15. The van der Waals surface area contributed by atoms with Crippen molar-refractivity contribution in [1.82, 2.24) is 4.98 Å². The van der Waals surface area contributed by atoms with Crippen LogP contribution in [0.4, 0.5) is 4.39 Å². The smallest absolute Gasteiger partial charge is 0.213 e. The summed E-state index contributed by atoms with van der Waals surface area (Å²) >= 11 is 13.2. The second-order valence-electron chi connectivity index (χ2n) is 6.62. The number of hydrogen-bond acceptors (Lipinski definition) is 5. The van der Waals surface area contributed by atoms with Crippen LogP contribution in [0, 0.1) is 5.82 Å². The molecule has 0 spiro atoms. The lowest BCUT2D eigenvalue weighted by molar-refractivity contribution is -0.150. The van der Waals surface area contributed by atoms with Crippen molar-refractivity contribution in [2.45, 2.75) is 38.7 Å². The van der Waals surface area contributed by atoms with Crippen molar-refractivity contribution in [3.05, 3.63) is 50.9 Å². The van der Waals surface area contributed by atoms with Gasteiger partial charge in [0.25, 0.3) is 0 Å². The summed E-state index contributed by atoms with van der Waals surface area (Å²) in [6.07, 6.45) is 0.547. The van der Waals surface area contributed by atoms with Gasteiger partial charge in [0.2, 0.25) is 5.78 Å². The van der Waals surface area contributed by atoms with Crippen molar-refractivity contribution in [1.29, 1.82) is 0 Å². The van der Waals surface area contributed by atoms with E-state index in [1.165, 1.54) is 23.5 Å². The average Bonchev–Trinajstić information content (AvgIpc) is 3.00. The van der Waals surface area contributed by atoms with E-state index in [0.29, 0.717) is 22.7 Å². The van der Waals surface area contributed by atoms with Gasteiger partial charge in [0.1, 0.15) is 16.7 Å². The number of hydrogen-bond donors (Lipinski definition) is 0. The predicted molar refractivity (Wildman–Crippen MR) is 104 cm³/mol. The minimum atomic E-state index is -1.19. The minimum Gasteiger partial charge on any atom is -0.477 e. The topological polar surface area (TPSA) is 56.3 Å². The van der Waals surface area contributed by atoms with E-state index in [9.17, 15) is 14.0 Å². The first-order valence-corrected chi connectivity index (χ1v) is 9.75. The van der Waals surface area contributed by atoms with E-state index in [0.717, 1.165) is 4.88 Å². The third kappa shape index (κ3) is 3.42. The van der Waals surface area contributed by atoms with Crippen LogP contribution >= 0.6 is 34.5 Å². The van der Waals surface area contributed by atoms with Gasteiger partial charge in [-0.15, -0.1) is 11.3 Å². The summed E-state index contributed by atoms with van der Waals surface area (Å²) in [5.74, 6) is -2.70. The Labute approximate surface area is 170 Å². The number of carbonyl (C=O) groups is 2. The maximum absolute atomic E-state index is 13.9. The molecule has 0 saturated carbocycles. The SMILES string of the molecule is C=C1OC(C)(C)C(=O)C(c2nc(-c3cc(F)c(Cl)cc3Cl)sc2CC)C1=O. The molecule has 1 aliphatic rings. The molecule has 27 heavy (non-hydrogen) atoms. The number of ketones is 2. The maximum atomic E-state index is 13.9. The molecule has 1 fully saturated rings. The third-order valence-electron chi connectivity index (χ3n) is 4.33. The molecule has 0 bridgehead atoms. The molecule has 1 aromatic carbocycles. The molecule has 1 atom stereocenters. The highest BCUT2D eigenvalue weighted by Gasteiger charge is 2.48. The van der Waals surface area contributed by atoms with E-state index in [4.69, 9.17) is 27.9 Å². The van der Waals surface area contributed by atoms with Gasteiger partial charge in [-0.1, -0.05) is 36.7 Å². The molecule has 2 heterocycles. The zero-order chi connectivity index (χ0) is 20.1. The fraction of sp³-hybridized carbons (Fsp3) is 0.316. The maximum Gasteiger partial charge on any atom is 0.213 e. The van der Waals surface area contributed by atoms with Crippen molar-refractivity contribution >= 4 is 46.1 Å². The quantitative estimate of drug-likeness (QED) is 0.375. The van der Waals surface area contributed by atoms with E-state index in [1.807, 2.05) is 6.92 Å². The Morgan fingerprint density at radius 2 is 1.96 bits per heavy atom. The minimum absolute atomic E-state index is 0.0724. The number of ether oxygens (including phenoxy) is 1. The van der Waals surface area contributed by atoms with Crippen LogP contribution in [0.5, 0.6) is 0 Å². The normalized spacial score (nSPS) is 19.3. The Morgan fingerprint density at radius 1 is 1.30 bits per heavy atom. The zero-order valence-corrected chi connectivity index (χ0v) is 17.2. The van der Waals surface area contributed by atoms with Gasteiger partial charge in [-0.3, -0.25) is 9.59 Å². The number of Topliss-reactive ketones (excluding diaryl/α,β-unsaturated/α-hetero) is 2. The van der Waals surface area contributed by atoms with Crippen LogP contribution in [-0.2, 0) is 20.7 Å². The molecule has 4 nitrogen and oxygen atoms in total. The molecule has 3 rings (SSSR count). The number of thiazole rings is 1. The van der Waals surface area contributed by atoms with Crippen LogP contribution in [0.2, 0.25) is 10.0 Å². The summed E-state index contributed by atoms with van der Waals surface area (Å²) in [5.41, 5.74) is -0.486. The van der Waals surface area contributed by atoms with E-state index in [2.05, 4.69) is 11.6 Å². The van der Waals surface area contributed by atoms with E-state index >= 15 is 0 Å². The summed E-state index contributed by atoms with van der Waals surface area (Å²) in [5, 5.41) is 0.556. The van der Waals surface area contributed by atoms with Crippen LogP contribution in [-0.4, -0.2) is 22.2 Å². The van der Waals surface area contributed by atoms with E-state index < -0.39 is 23.1 Å². The molecule has 0 aliphatic carbocycles. The van der Waals surface area contributed by atoms with Crippen molar-refractivity contribution in [3.8, 4) is 10.6 Å². The largest absolute Gasteiger partial charge is 0.477 e. The van der Waals surface area contributed by atoms with Gasteiger partial charge in [0.05, 0.1) is 15.7 Å². The number of allylic oxidation sites excluding steroid dienone is 1. The molecule has 1 aliphatic heterocycles. The summed E-state index contributed by atoms with van der Waals surface area (Å²) in [6.45, 7) is 8.69. The summed E-state index contributed by atoms with van der Waals surface area (Å²) in [7, 11) is 0. The first-order valence-electron chi connectivity index (χ1n) is 8.17. The number of nitrogens with zero attached hydrogens (tertiary/aromatic N) is 1. The van der Waals surface area contributed by atoms with E-state index in [-0.39, 0.29) is 21.6 Å². The first kappa shape index (κ1) is 20.0. The lowest BCUT2D eigenvalue weighted by atomic mass is 9.82. The van der Waals surface area contributed by atoms with Crippen molar-refractivity contribution in [3.63, 3.8) is 0 Å². The van der Waals surface area contributed by atoms with E-state index in [1.54, 1.807) is 13.8 Å². The number of aromatic nitrogens is 1. The van der Waals surface area contributed by atoms with Crippen molar-refractivity contribution < 1.29 is 18.7 Å². The highest BCUT2D eigenvalue weighted by molar-refractivity contribution is 7.15. The standard InChI is InChI=1S/C19H16Cl2FNO3S/c1-5-13-15(14-16(24)8(2)26-19(3,4)17(14)25)23-18(27-13)9-6-12(22)11(21)7-10(9)20/h6-7,14H,2,5H2,1,3-4H3. The predicted octanol–water partition coefficient (Wildman–Crippen LogP) is 5.36. The van der Waals surface area contributed by atoms with Gasteiger partial charge in [0.15, 0.2) is 17.1 Å². The molecule has 1 saturated heterocycles. The fourth-order valence-electron chi connectivity index (χ4n) is 2.93. The molecule has 2 aromatic rings. The molecule has 1 aromatic heterocycles. The second-order valence-corrected chi connectivity index (χ2v) is 8.52. The van der Waals surface area contributed by atoms with Gasteiger partial charge in [-0.2, -0.15) is 0 Å². The first-order chi connectivity index (χ1) is 12.6. The zero-order valence-electron chi connectivity index (χ0n) is 14.9. The molecular weight excluding hydrogens is 412 g/mol. The van der Waals surface area contributed by atoms with Gasteiger partial charge in [-0.05, 0) is 32.4 Å². The molecular formula is C19H16Cl2FNO3S. The average molecular weight is 428 g/mol. The Hall–Kier alpha value is -1.76. The highest BCUT2D eigenvalue weighted by atomic mass is 35.5. The van der Waals surface area contributed by atoms with Crippen LogP contribution < -0.4 is 0 Å². The Morgan fingerprint density at radius 3 is 2.59 bits per heavy atom. The Kier molecular flexibility index (Phi) is 5.18. The van der Waals surface area contributed by atoms with Crippen molar-refractivity contribution in [2.75, 3.05) is 0 Å². The van der Waals surface area contributed by atoms with Gasteiger partial charge in [-0.25, -0.2) is 9.37 Å². The third-order valence-corrected chi connectivity index (χ3v) is 6.18. The monoisotopic (exact) mass is 427 g/mol. The molecule has 0 N–H and O–H groups in total. The lowest BCUT2D eigenvalue weighted by Crippen LogP contribution is -2.47. The number of benzene rings is 1. The number of aryl methyl sites for hydroxylation is 1. The fourth-order valence-corrected chi connectivity index (χ4v) is 4.53. The van der Waals surface area contributed by atoms with Gasteiger partial charge < -0.3 is 4.74 Å². The van der Waals surface area contributed by atoms with Crippen LogP contribution in [0.3, 0.4) is 0 Å². The highest BCUT2D eigenvalue weighted by Crippen LogP contribution is 2.41. The molecule has 142 valence electrons. The molecule has 1 unspecified atom stereocenters. The number of carbonyl (C=O) groups excluding carboxylic acids is 2. The number of halogens is 3. The van der Waals surface area contributed by atoms with Crippen LogP contribution in [0.25, 0.3) is 10.6 Å². The lowest BCUT2D eigenvalue weighted by Gasteiger charge is -2.34. The van der Waals surface area contributed by atoms with Crippen LogP contribution in [0.15, 0.2) is 24.5 Å². The summed E-state index contributed by atoms with van der Waals surface area (Å²) in [4.78, 5) is 30.7. The summed E-state index contributed by atoms with van der Waals surface area (Å²) < 4.78 is 19.3.